The number of aliphatic hydroxyl groups excluding tert-OH is 1. The molecule has 2 aromatic rings. The third-order valence-corrected chi connectivity index (χ3v) is 6.47. The molecule has 0 unspecified atom stereocenters. The van der Waals surface area contributed by atoms with E-state index in [1.165, 1.54) is 0 Å². The Hall–Kier alpha value is -2.74. The highest BCUT2D eigenvalue weighted by atomic mass is 16.7. The van der Waals surface area contributed by atoms with E-state index in [2.05, 4.69) is 6.58 Å². The summed E-state index contributed by atoms with van der Waals surface area (Å²) in [6, 6.07) is 11.8. The van der Waals surface area contributed by atoms with Gasteiger partial charge in [0.2, 0.25) is 6.79 Å². The van der Waals surface area contributed by atoms with Crippen LogP contribution in [0.3, 0.4) is 0 Å². The minimum absolute atomic E-state index is 0.0424. The Bertz CT molecular complexity index is 1000. The van der Waals surface area contributed by atoms with Gasteiger partial charge < -0.3 is 33.5 Å². The average Bonchev–Trinajstić information content (AvgIpc) is 3.52. The summed E-state index contributed by atoms with van der Waals surface area (Å²) >= 11 is 0. The quantitative estimate of drug-likeness (QED) is 0.656. The average molecular weight is 440 g/mol. The van der Waals surface area contributed by atoms with E-state index in [1.807, 2.05) is 36.4 Å². The van der Waals surface area contributed by atoms with Crippen molar-refractivity contribution in [3.63, 3.8) is 0 Å². The first-order valence-electron chi connectivity index (χ1n) is 10.8. The smallest absolute Gasteiger partial charge is 0.231 e. The number of fused-ring (bicyclic) bond motifs is 2. The molecular weight excluding hydrogens is 412 g/mol. The molecule has 170 valence electrons. The molecule has 0 amide bonds. The molecule has 0 radical (unpaired) electrons. The molecule has 3 aliphatic rings. The summed E-state index contributed by atoms with van der Waals surface area (Å²) in [5.74, 6) is 3.19. The lowest BCUT2D eigenvalue weighted by atomic mass is 9.85. The number of rotatable bonds is 7. The third kappa shape index (κ3) is 3.81. The van der Waals surface area contributed by atoms with Crippen molar-refractivity contribution in [2.24, 2.45) is 11.8 Å². The van der Waals surface area contributed by atoms with E-state index in [0.717, 1.165) is 22.6 Å². The van der Waals surface area contributed by atoms with Gasteiger partial charge in [-0.05, 0) is 47.9 Å². The topological polar surface area (TPSA) is 75.6 Å². The van der Waals surface area contributed by atoms with E-state index in [-0.39, 0.29) is 37.4 Å². The first kappa shape index (κ1) is 21.1. The summed E-state index contributed by atoms with van der Waals surface area (Å²) in [5, 5.41) is 10.0. The highest BCUT2D eigenvalue weighted by Crippen LogP contribution is 2.51. The molecule has 0 aromatic heterocycles. The largest absolute Gasteiger partial charge is 0.493 e. The molecule has 2 aromatic carbocycles. The molecule has 2 saturated heterocycles. The Morgan fingerprint density at radius 2 is 1.66 bits per heavy atom. The lowest BCUT2D eigenvalue weighted by Gasteiger charge is -2.20. The lowest BCUT2D eigenvalue weighted by Crippen LogP contribution is -2.18. The summed E-state index contributed by atoms with van der Waals surface area (Å²) in [5.41, 5.74) is 2.74. The van der Waals surface area contributed by atoms with Gasteiger partial charge in [0.05, 0.1) is 32.5 Å². The molecule has 2 fully saturated rings. The Morgan fingerprint density at radius 1 is 1.00 bits per heavy atom. The van der Waals surface area contributed by atoms with Crippen LogP contribution in [0.1, 0.15) is 30.3 Å². The van der Waals surface area contributed by atoms with Crippen molar-refractivity contribution in [3.8, 4) is 23.0 Å². The van der Waals surface area contributed by atoms with E-state index < -0.39 is 6.10 Å². The van der Waals surface area contributed by atoms with Crippen molar-refractivity contribution in [1.82, 2.24) is 0 Å². The zero-order valence-corrected chi connectivity index (χ0v) is 18.3. The zero-order chi connectivity index (χ0) is 22.2. The molecule has 5 atom stereocenters. The van der Waals surface area contributed by atoms with Gasteiger partial charge >= 0.3 is 0 Å². The molecule has 3 heterocycles. The number of methoxy groups -OCH3 is 1. The summed E-state index contributed by atoms with van der Waals surface area (Å²) in [7, 11) is 1.60. The van der Waals surface area contributed by atoms with E-state index in [1.54, 1.807) is 14.0 Å². The highest BCUT2D eigenvalue weighted by Gasteiger charge is 2.48. The number of benzene rings is 2. The fourth-order valence-corrected chi connectivity index (χ4v) is 4.62. The molecule has 32 heavy (non-hydrogen) atoms. The van der Waals surface area contributed by atoms with Crippen LogP contribution in [0.25, 0.3) is 0 Å². The van der Waals surface area contributed by atoms with Gasteiger partial charge in [0, 0.05) is 11.8 Å². The van der Waals surface area contributed by atoms with Crippen LogP contribution in [0, 0.1) is 11.8 Å². The molecule has 7 nitrogen and oxygen atoms in total. The van der Waals surface area contributed by atoms with Crippen molar-refractivity contribution < 1.29 is 33.5 Å². The Morgan fingerprint density at radius 3 is 2.34 bits per heavy atom. The second-order valence-electron chi connectivity index (χ2n) is 8.53. The van der Waals surface area contributed by atoms with Gasteiger partial charge in [0.25, 0.3) is 0 Å². The number of hydrogen-bond acceptors (Lipinski definition) is 7. The summed E-state index contributed by atoms with van der Waals surface area (Å²) < 4.78 is 34.7. The van der Waals surface area contributed by atoms with E-state index >= 15 is 0 Å². The number of aliphatic hydroxyl groups is 1. The fourth-order valence-electron chi connectivity index (χ4n) is 4.62. The molecule has 0 spiro atoms. The molecule has 0 aliphatic carbocycles. The molecule has 7 heteroatoms. The van der Waals surface area contributed by atoms with E-state index in [0.29, 0.717) is 30.3 Å². The van der Waals surface area contributed by atoms with Crippen molar-refractivity contribution >= 4 is 0 Å². The number of hydrogen-bond donors (Lipinski definition) is 1. The van der Waals surface area contributed by atoms with Crippen molar-refractivity contribution in [2.45, 2.75) is 25.2 Å². The Labute approximate surface area is 187 Å². The van der Waals surface area contributed by atoms with Crippen molar-refractivity contribution in [3.05, 3.63) is 59.7 Å². The molecule has 1 N–H and O–H groups in total. The second-order valence-corrected chi connectivity index (χ2v) is 8.53. The van der Waals surface area contributed by atoms with Crippen LogP contribution in [-0.2, 0) is 9.47 Å². The molecular formula is C25H28O7. The Balaban J connectivity index is 1.33. The van der Waals surface area contributed by atoms with Gasteiger partial charge in [-0.15, -0.1) is 0 Å². The van der Waals surface area contributed by atoms with Crippen molar-refractivity contribution in [1.29, 1.82) is 0 Å². The van der Waals surface area contributed by atoms with Crippen LogP contribution < -0.4 is 18.9 Å². The normalized spacial score (nSPS) is 26.6. The van der Waals surface area contributed by atoms with Gasteiger partial charge in [-0.1, -0.05) is 18.7 Å². The minimum atomic E-state index is -0.735. The first-order chi connectivity index (χ1) is 15.5. The second kappa shape index (κ2) is 8.65. The Kier molecular flexibility index (Phi) is 5.71. The fraction of sp³-hybridized carbons (Fsp3) is 0.440. The van der Waals surface area contributed by atoms with Crippen LogP contribution in [0.5, 0.6) is 23.0 Å². The van der Waals surface area contributed by atoms with Crippen LogP contribution in [0.4, 0.5) is 0 Å². The van der Waals surface area contributed by atoms with Crippen molar-refractivity contribution in [2.75, 3.05) is 33.7 Å². The molecule has 0 saturated carbocycles. The van der Waals surface area contributed by atoms with E-state index in [4.69, 9.17) is 28.4 Å². The highest BCUT2D eigenvalue weighted by molar-refractivity contribution is 5.46. The first-order valence-corrected chi connectivity index (χ1v) is 10.8. The van der Waals surface area contributed by atoms with Gasteiger partial charge in [0.1, 0.15) is 12.7 Å². The zero-order valence-electron chi connectivity index (χ0n) is 18.3. The van der Waals surface area contributed by atoms with Gasteiger partial charge in [0.15, 0.2) is 23.0 Å². The summed E-state index contributed by atoms with van der Waals surface area (Å²) in [6.07, 6.45) is -0.876. The maximum atomic E-state index is 10.0. The molecule has 5 rings (SSSR count). The monoisotopic (exact) mass is 440 g/mol. The van der Waals surface area contributed by atoms with Crippen LogP contribution in [-0.4, -0.2) is 44.9 Å². The van der Waals surface area contributed by atoms with Crippen LogP contribution in [0.15, 0.2) is 48.6 Å². The predicted octanol–water partition coefficient (Wildman–Crippen LogP) is 3.81. The third-order valence-electron chi connectivity index (χ3n) is 6.47. The maximum absolute atomic E-state index is 10.0. The maximum Gasteiger partial charge on any atom is 0.231 e. The standard InChI is InChI=1S/C25H28O7/c1-14(2)19(26)12-28-22-8-15(4-6-20(22)27-3)24-17-10-30-25(18(17)11-29-24)16-5-7-21-23(9-16)32-13-31-21/h4-9,17-19,24-26H,1,10-13H2,2-3H3/t17-,18-,19+,24+,25+/m0/s1. The van der Waals surface area contributed by atoms with E-state index in [9.17, 15) is 5.11 Å². The predicted molar refractivity (Wildman–Crippen MR) is 116 cm³/mol. The van der Waals surface area contributed by atoms with Crippen LogP contribution >= 0.6 is 0 Å². The van der Waals surface area contributed by atoms with Gasteiger partial charge in [-0.25, -0.2) is 0 Å². The molecule has 3 aliphatic heterocycles. The summed E-state index contributed by atoms with van der Waals surface area (Å²) in [6.45, 7) is 7.14. The SMILES string of the molecule is C=C(C)[C@H](O)COc1cc([C@H]2OC[C@H]3[C@@H]2CO[C@@H]3c2ccc3c(c2)OCO3)ccc1OC. The van der Waals surface area contributed by atoms with Crippen LogP contribution in [0.2, 0.25) is 0 Å². The number of ether oxygens (including phenoxy) is 6. The van der Waals surface area contributed by atoms with Gasteiger partial charge in [-0.2, -0.15) is 0 Å². The minimum Gasteiger partial charge on any atom is -0.493 e. The molecule has 0 bridgehead atoms. The van der Waals surface area contributed by atoms with Gasteiger partial charge in [-0.3, -0.25) is 0 Å². The lowest BCUT2D eigenvalue weighted by molar-refractivity contribution is 0.0191. The summed E-state index contributed by atoms with van der Waals surface area (Å²) in [4.78, 5) is 0.